The molecule has 0 saturated carbocycles. The molecule has 0 bridgehead atoms. The van der Waals surface area contributed by atoms with E-state index in [-0.39, 0.29) is 6.42 Å². The van der Waals surface area contributed by atoms with Gasteiger partial charge in [-0.3, -0.25) is 0 Å². The molecule has 0 aliphatic carbocycles. The number of aromatic nitrogens is 2. The van der Waals surface area contributed by atoms with Gasteiger partial charge in [0.25, 0.3) is 0 Å². The summed E-state index contributed by atoms with van der Waals surface area (Å²) in [4.78, 5) is 15.2. The number of methoxy groups -OCH3 is 1. The van der Waals surface area contributed by atoms with E-state index in [1.807, 2.05) is 29.8 Å². The van der Waals surface area contributed by atoms with E-state index in [9.17, 15) is 9.90 Å². The molecule has 0 aliphatic heterocycles. The fraction of sp³-hybridized carbons (Fsp3) is 0.263. The number of aryl methyl sites for hydroxylation is 1. The minimum atomic E-state index is -1.40. The Morgan fingerprint density at radius 3 is 2.54 bits per heavy atom. The van der Waals surface area contributed by atoms with Crippen LogP contribution in [0.2, 0.25) is 0 Å². The predicted octanol–water partition coefficient (Wildman–Crippen LogP) is 2.15. The highest BCUT2D eigenvalue weighted by Crippen LogP contribution is 2.22. The fourth-order valence-electron chi connectivity index (χ4n) is 2.66. The number of hydrogen-bond donors (Lipinski definition) is 2. The Balaban J connectivity index is 1.68. The number of rotatable bonds is 7. The average Bonchev–Trinajstić information content (AvgIpc) is 2.96. The van der Waals surface area contributed by atoms with Crippen molar-refractivity contribution >= 4 is 17.0 Å². The van der Waals surface area contributed by atoms with E-state index in [4.69, 9.17) is 14.6 Å². The van der Waals surface area contributed by atoms with E-state index >= 15 is 0 Å². The highest BCUT2D eigenvalue weighted by atomic mass is 16.5. The van der Waals surface area contributed by atoms with Gasteiger partial charge in [0.2, 0.25) is 0 Å². The van der Waals surface area contributed by atoms with Crippen molar-refractivity contribution in [3.05, 3.63) is 53.9 Å². The first-order valence-corrected chi connectivity index (χ1v) is 8.10. The third-order valence-corrected chi connectivity index (χ3v) is 4.19. The highest BCUT2D eigenvalue weighted by Gasteiger charge is 2.14. The Morgan fingerprint density at radius 1 is 1.19 bits per heavy atom. The highest BCUT2D eigenvalue weighted by molar-refractivity contribution is 5.77. The van der Waals surface area contributed by atoms with Crippen LogP contribution in [0, 0.1) is 0 Å². The minimum absolute atomic E-state index is 0.0577. The molecule has 0 amide bonds. The van der Waals surface area contributed by atoms with Gasteiger partial charge < -0.3 is 24.3 Å². The van der Waals surface area contributed by atoms with Crippen molar-refractivity contribution < 1.29 is 24.5 Å². The molecule has 7 heteroatoms. The summed E-state index contributed by atoms with van der Waals surface area (Å²) in [5.74, 6) is 0.956. The second-order valence-corrected chi connectivity index (χ2v) is 5.93. The zero-order chi connectivity index (χ0) is 18.7. The van der Waals surface area contributed by atoms with Crippen LogP contribution in [0.1, 0.15) is 11.4 Å². The van der Waals surface area contributed by atoms with Gasteiger partial charge in [0, 0.05) is 19.5 Å². The second kappa shape index (κ2) is 7.45. The van der Waals surface area contributed by atoms with E-state index in [0.717, 1.165) is 28.2 Å². The molecular weight excluding hydrogens is 336 g/mol. The van der Waals surface area contributed by atoms with E-state index in [0.29, 0.717) is 12.4 Å². The van der Waals surface area contributed by atoms with Gasteiger partial charge in [-0.1, -0.05) is 12.1 Å². The summed E-state index contributed by atoms with van der Waals surface area (Å²) in [5, 5.41) is 18.1. The van der Waals surface area contributed by atoms with Crippen LogP contribution in [0.25, 0.3) is 11.0 Å². The molecule has 1 aromatic heterocycles. The molecule has 1 heterocycles. The lowest BCUT2D eigenvalue weighted by Gasteiger charge is -2.09. The van der Waals surface area contributed by atoms with Crippen molar-refractivity contribution in [1.82, 2.24) is 9.55 Å². The number of imidazole rings is 1. The lowest BCUT2D eigenvalue weighted by Crippen LogP contribution is -2.21. The van der Waals surface area contributed by atoms with Crippen LogP contribution in [0.15, 0.2) is 42.5 Å². The summed E-state index contributed by atoms with van der Waals surface area (Å²) in [5.41, 5.74) is 2.55. The molecule has 0 radical (unpaired) electrons. The first-order valence-electron chi connectivity index (χ1n) is 8.10. The first-order chi connectivity index (χ1) is 12.5. The standard InChI is InChI=1S/C19H20N2O5/c1-21-16-10-14(25-2)7-8-15(16)20-18(21)11-26-13-5-3-12(4-6-13)9-17(22)19(23)24/h3-8,10,17,22H,9,11H2,1-2H3,(H,23,24). The average molecular weight is 356 g/mol. The van der Waals surface area contributed by atoms with E-state index < -0.39 is 12.1 Å². The van der Waals surface area contributed by atoms with Crippen LogP contribution in [0.5, 0.6) is 11.5 Å². The van der Waals surface area contributed by atoms with Crippen LogP contribution in [-0.4, -0.2) is 38.9 Å². The second-order valence-electron chi connectivity index (χ2n) is 5.93. The van der Waals surface area contributed by atoms with E-state index in [1.54, 1.807) is 31.4 Å². The van der Waals surface area contributed by atoms with Gasteiger partial charge in [0.05, 0.1) is 18.1 Å². The molecule has 0 aliphatic rings. The maximum absolute atomic E-state index is 10.7. The van der Waals surface area contributed by atoms with E-state index in [1.165, 1.54) is 0 Å². The number of carboxylic acid groups (broad SMARTS) is 1. The third-order valence-electron chi connectivity index (χ3n) is 4.19. The van der Waals surface area contributed by atoms with Gasteiger partial charge in [-0.15, -0.1) is 0 Å². The lowest BCUT2D eigenvalue weighted by molar-refractivity contribution is -0.146. The summed E-state index contributed by atoms with van der Waals surface area (Å²) >= 11 is 0. The minimum Gasteiger partial charge on any atom is -0.497 e. The van der Waals surface area contributed by atoms with Crippen molar-refractivity contribution in [2.45, 2.75) is 19.1 Å². The number of ether oxygens (including phenoxy) is 2. The van der Waals surface area contributed by atoms with Gasteiger partial charge in [-0.2, -0.15) is 0 Å². The number of nitrogens with zero attached hydrogens (tertiary/aromatic N) is 2. The molecule has 0 fully saturated rings. The van der Waals surface area contributed by atoms with Crippen molar-refractivity contribution in [1.29, 1.82) is 0 Å². The molecule has 7 nitrogen and oxygen atoms in total. The monoisotopic (exact) mass is 356 g/mol. The Labute approximate surface area is 150 Å². The number of aliphatic carboxylic acids is 1. The number of aliphatic hydroxyl groups is 1. The molecule has 2 N–H and O–H groups in total. The molecule has 1 unspecified atom stereocenters. The predicted molar refractivity (Wildman–Crippen MR) is 95.4 cm³/mol. The number of fused-ring (bicyclic) bond motifs is 1. The summed E-state index contributed by atoms with van der Waals surface area (Å²) < 4.78 is 13.0. The zero-order valence-electron chi connectivity index (χ0n) is 14.5. The number of aliphatic hydroxyl groups excluding tert-OH is 1. The molecular formula is C19H20N2O5. The van der Waals surface area contributed by atoms with Gasteiger partial charge in [0.1, 0.15) is 23.9 Å². The van der Waals surface area contributed by atoms with Crippen LogP contribution < -0.4 is 9.47 Å². The van der Waals surface area contributed by atoms with Gasteiger partial charge in [-0.25, -0.2) is 9.78 Å². The van der Waals surface area contributed by atoms with Gasteiger partial charge >= 0.3 is 5.97 Å². The normalized spacial score (nSPS) is 12.1. The van der Waals surface area contributed by atoms with E-state index in [2.05, 4.69) is 4.98 Å². The molecule has 0 saturated heterocycles. The SMILES string of the molecule is COc1ccc2nc(COc3ccc(CC(O)C(=O)O)cc3)n(C)c2c1. The van der Waals surface area contributed by atoms with Crippen LogP contribution in [-0.2, 0) is 24.9 Å². The molecule has 3 rings (SSSR count). The summed E-state index contributed by atoms with van der Waals surface area (Å²) in [6.07, 6.45) is -1.35. The van der Waals surface area contributed by atoms with Crippen molar-refractivity contribution in [3.63, 3.8) is 0 Å². The Hall–Kier alpha value is -3.06. The number of carbonyl (C=O) groups is 1. The van der Waals surface area contributed by atoms with Crippen LogP contribution in [0.3, 0.4) is 0 Å². The maximum Gasteiger partial charge on any atom is 0.332 e. The van der Waals surface area contributed by atoms with Crippen LogP contribution in [0.4, 0.5) is 0 Å². The number of benzene rings is 2. The van der Waals surface area contributed by atoms with Gasteiger partial charge in [0.15, 0.2) is 6.10 Å². The summed E-state index contributed by atoms with van der Waals surface area (Å²) in [6.45, 7) is 0.296. The third kappa shape index (κ3) is 3.78. The van der Waals surface area contributed by atoms with Crippen LogP contribution >= 0.6 is 0 Å². The molecule has 3 aromatic rings. The molecule has 1 atom stereocenters. The smallest absolute Gasteiger partial charge is 0.332 e. The topological polar surface area (TPSA) is 93.8 Å². The molecule has 0 spiro atoms. The zero-order valence-corrected chi connectivity index (χ0v) is 14.5. The summed E-state index contributed by atoms with van der Waals surface area (Å²) in [6, 6.07) is 12.7. The van der Waals surface area contributed by atoms with Crippen molar-refractivity contribution in [2.24, 2.45) is 7.05 Å². The van der Waals surface area contributed by atoms with Gasteiger partial charge in [-0.05, 0) is 29.8 Å². The Morgan fingerprint density at radius 2 is 1.88 bits per heavy atom. The Bertz CT molecular complexity index is 918. The lowest BCUT2D eigenvalue weighted by atomic mass is 10.1. The largest absolute Gasteiger partial charge is 0.497 e. The number of hydrogen-bond acceptors (Lipinski definition) is 5. The molecule has 2 aromatic carbocycles. The molecule has 26 heavy (non-hydrogen) atoms. The molecule has 136 valence electrons. The van der Waals surface area contributed by atoms with Crippen molar-refractivity contribution in [3.8, 4) is 11.5 Å². The summed E-state index contributed by atoms with van der Waals surface area (Å²) in [7, 11) is 3.55. The number of carboxylic acids is 1. The Kier molecular flexibility index (Phi) is 5.09. The first kappa shape index (κ1) is 17.8. The van der Waals surface area contributed by atoms with Crippen molar-refractivity contribution in [2.75, 3.05) is 7.11 Å². The fourth-order valence-corrected chi connectivity index (χ4v) is 2.66. The quantitative estimate of drug-likeness (QED) is 0.674. The maximum atomic E-state index is 10.7.